The molecule has 1 aliphatic heterocycles. The van der Waals surface area contributed by atoms with Gasteiger partial charge in [0.15, 0.2) is 11.2 Å². The molecule has 1 fully saturated rings. The first-order valence-electron chi connectivity index (χ1n) is 12.1. The minimum Gasteiger partial charge on any atom is -0.780 e. The van der Waals surface area contributed by atoms with Gasteiger partial charge in [-0.1, -0.05) is 42.5 Å². The van der Waals surface area contributed by atoms with Gasteiger partial charge in [0.05, 0.1) is 32.8 Å². The first kappa shape index (κ1) is 34.8. The van der Waals surface area contributed by atoms with E-state index in [0.29, 0.717) is 11.3 Å². The van der Waals surface area contributed by atoms with Gasteiger partial charge in [0.1, 0.15) is 36.9 Å². The van der Waals surface area contributed by atoms with Crippen molar-refractivity contribution in [2.24, 2.45) is 5.92 Å². The summed E-state index contributed by atoms with van der Waals surface area (Å²) in [5, 5.41) is 24.6. The zero-order valence-corrected chi connectivity index (χ0v) is 28.5. The van der Waals surface area contributed by atoms with Gasteiger partial charge in [0, 0.05) is 18.1 Å². The van der Waals surface area contributed by atoms with Crippen molar-refractivity contribution in [1.82, 2.24) is 5.48 Å². The van der Waals surface area contributed by atoms with Crippen molar-refractivity contribution in [1.29, 1.82) is 0 Å². The van der Waals surface area contributed by atoms with Gasteiger partial charge in [0.25, 0.3) is 0 Å². The maximum absolute atomic E-state index is 13.4. The molecule has 1 aliphatic carbocycles. The number of hydrogen-bond acceptors (Lipinski definition) is 11. The fourth-order valence-corrected chi connectivity index (χ4v) is 6.40. The third-order valence-electron chi connectivity index (χ3n) is 7.44. The fourth-order valence-electron chi connectivity index (χ4n) is 6.02. The van der Waals surface area contributed by atoms with E-state index >= 15 is 0 Å². The van der Waals surface area contributed by atoms with Crippen LogP contribution in [-0.4, -0.2) is 43.6 Å². The third kappa shape index (κ3) is 5.53. The smallest absolute Gasteiger partial charge is 0.780 e. The molecule has 2 aliphatic rings. The van der Waals surface area contributed by atoms with E-state index in [-0.39, 0.29) is 87.5 Å². The summed E-state index contributed by atoms with van der Waals surface area (Å²) in [6, 6.07) is 17.0. The predicted octanol–water partition coefficient (Wildman–Crippen LogP) is -5.15. The third-order valence-corrected chi connectivity index (χ3v) is 7.88. The van der Waals surface area contributed by atoms with Gasteiger partial charge in [-0.2, -0.15) is 0 Å². The standard InChI is InChI=1S/C27H28NO11P.2Na/c1-35-18-13-19(36-2)23-20(14-18)38-27(16-9-11-17(12-10-16)39-40(32,33)34)22(15-7-5-4-6-8-15)21(25(30)28-37-3)24(29)26(23,27)31;;/h4-14,21-22,24,29,31H,1-3H3,(H,28,30)(H2,32,33,34);;/q;2*+1/p-2/t21-,22-,24-,26+,27+;;/m1../s1. The van der Waals surface area contributed by atoms with E-state index in [4.69, 9.17) is 19.0 Å². The first-order valence-corrected chi connectivity index (χ1v) is 13.5. The molecule has 0 unspecified atom stereocenters. The number of aliphatic hydroxyl groups is 2. The minimum atomic E-state index is -5.35. The molecule has 3 aromatic rings. The van der Waals surface area contributed by atoms with Crippen LogP contribution in [0.3, 0.4) is 0 Å². The van der Waals surface area contributed by atoms with Crippen molar-refractivity contribution < 1.29 is 112 Å². The van der Waals surface area contributed by atoms with Gasteiger partial charge in [0.2, 0.25) is 5.91 Å². The van der Waals surface area contributed by atoms with E-state index in [1.807, 2.05) is 0 Å². The Morgan fingerprint density at radius 1 is 0.976 bits per heavy atom. The fraction of sp³-hybridized carbons (Fsp3) is 0.296. The topological polar surface area (TPSA) is 179 Å². The van der Waals surface area contributed by atoms with Crippen molar-refractivity contribution in [3.63, 3.8) is 0 Å². The van der Waals surface area contributed by atoms with Crippen molar-refractivity contribution in [2.75, 3.05) is 21.3 Å². The SMILES string of the molecule is CONC(=O)[C@H]1[C@@H](O)[C@@]2(O)c3c(OC)cc(OC)cc3O[C@@]2(c2ccc(OP(=O)([O-])[O-])cc2)[C@@H]1c1ccccc1.[Na+].[Na+]. The van der Waals surface area contributed by atoms with Crippen LogP contribution in [0.1, 0.15) is 22.6 Å². The molecule has 3 N–H and O–H groups in total. The molecule has 212 valence electrons. The van der Waals surface area contributed by atoms with Crippen molar-refractivity contribution in [2.45, 2.75) is 23.2 Å². The summed E-state index contributed by atoms with van der Waals surface area (Å²) in [6.45, 7) is 0. The molecular weight excluding hydrogens is 591 g/mol. The molecule has 5 rings (SSSR count). The number of aliphatic hydroxyl groups excluding tert-OH is 1. The predicted molar refractivity (Wildman–Crippen MR) is 134 cm³/mol. The molecule has 0 aromatic heterocycles. The van der Waals surface area contributed by atoms with Crippen molar-refractivity contribution >= 4 is 13.7 Å². The molecular formula is C27H26NNa2O11P. The number of benzene rings is 3. The molecule has 5 atom stereocenters. The zero-order valence-electron chi connectivity index (χ0n) is 23.6. The minimum absolute atomic E-state index is 0. The van der Waals surface area contributed by atoms with Crippen molar-refractivity contribution in [3.8, 4) is 23.0 Å². The Bertz CT molecular complexity index is 1470. The van der Waals surface area contributed by atoms with E-state index in [1.165, 1.54) is 57.7 Å². The average molecular weight is 617 g/mol. The molecule has 1 amide bonds. The number of rotatable bonds is 8. The normalized spacial score (nSPS) is 25.5. The maximum Gasteiger partial charge on any atom is 1.00 e. The molecule has 15 heteroatoms. The van der Waals surface area contributed by atoms with E-state index in [2.05, 4.69) is 10.0 Å². The summed E-state index contributed by atoms with van der Waals surface area (Å²) in [5.41, 5.74) is -1.06. The second-order valence-corrected chi connectivity index (χ2v) is 10.5. The average Bonchev–Trinajstić information content (AvgIpc) is 3.30. The van der Waals surface area contributed by atoms with E-state index < -0.39 is 42.9 Å². The molecule has 0 spiro atoms. The Kier molecular flexibility index (Phi) is 10.9. The summed E-state index contributed by atoms with van der Waals surface area (Å²) >= 11 is 0. The van der Waals surface area contributed by atoms with Crippen molar-refractivity contribution in [3.05, 3.63) is 83.4 Å². The quantitative estimate of drug-likeness (QED) is 0.125. The second-order valence-electron chi connectivity index (χ2n) is 9.40. The number of nitrogens with one attached hydrogen (secondary N) is 1. The summed E-state index contributed by atoms with van der Waals surface area (Å²) in [6.07, 6.45) is -1.77. The van der Waals surface area contributed by atoms with Crippen LogP contribution in [-0.2, 0) is 25.4 Å². The molecule has 0 saturated heterocycles. The summed E-state index contributed by atoms with van der Waals surface area (Å²) < 4.78 is 33.2. The number of ether oxygens (including phenoxy) is 3. The van der Waals surface area contributed by atoms with Crippen LogP contribution < -0.4 is 93.1 Å². The van der Waals surface area contributed by atoms with Gasteiger partial charge in [-0.3, -0.25) is 9.63 Å². The number of carbonyl (C=O) groups excluding carboxylic acids is 1. The van der Waals surface area contributed by atoms with Crippen LogP contribution in [0.15, 0.2) is 66.7 Å². The van der Waals surface area contributed by atoms with E-state index in [1.54, 1.807) is 30.3 Å². The van der Waals surface area contributed by atoms with Gasteiger partial charge in [-0.25, -0.2) is 5.48 Å². The number of carbonyl (C=O) groups is 1. The molecule has 12 nitrogen and oxygen atoms in total. The number of amides is 1. The van der Waals surface area contributed by atoms with Gasteiger partial charge in [-0.05, 0) is 23.3 Å². The van der Waals surface area contributed by atoms with Crippen LogP contribution in [0.25, 0.3) is 0 Å². The second kappa shape index (κ2) is 13.2. The number of methoxy groups -OCH3 is 2. The Hall–Kier alpha value is -1.64. The van der Waals surface area contributed by atoms with Crippen LogP contribution in [0, 0.1) is 5.92 Å². The Labute approximate surface area is 286 Å². The largest absolute Gasteiger partial charge is 1.00 e. The monoisotopic (exact) mass is 617 g/mol. The van der Waals surface area contributed by atoms with Crippen LogP contribution in [0.5, 0.6) is 23.0 Å². The van der Waals surface area contributed by atoms with Crippen LogP contribution in [0.4, 0.5) is 0 Å². The zero-order chi connectivity index (χ0) is 28.9. The number of fused-ring (bicyclic) bond motifs is 3. The Morgan fingerprint density at radius 2 is 1.62 bits per heavy atom. The first-order chi connectivity index (χ1) is 19.0. The van der Waals surface area contributed by atoms with Gasteiger partial charge in [-0.15, -0.1) is 0 Å². The number of phosphoric ester groups is 1. The van der Waals surface area contributed by atoms with E-state index in [9.17, 15) is 29.4 Å². The summed E-state index contributed by atoms with van der Waals surface area (Å²) in [4.78, 5) is 40.7. The molecule has 42 heavy (non-hydrogen) atoms. The Morgan fingerprint density at radius 3 is 2.17 bits per heavy atom. The molecule has 0 bridgehead atoms. The summed E-state index contributed by atoms with van der Waals surface area (Å²) in [7, 11) is -1.29. The molecule has 1 heterocycles. The summed E-state index contributed by atoms with van der Waals surface area (Å²) in [5.74, 6) is -2.73. The maximum atomic E-state index is 13.4. The molecule has 0 radical (unpaired) electrons. The van der Waals surface area contributed by atoms with E-state index in [0.717, 1.165) is 0 Å². The number of hydroxylamine groups is 1. The molecule has 3 aromatic carbocycles. The number of hydrogen-bond donors (Lipinski definition) is 3. The van der Waals surface area contributed by atoms with Crippen LogP contribution >= 0.6 is 7.82 Å². The molecule has 1 saturated carbocycles. The van der Waals surface area contributed by atoms with Gasteiger partial charge >= 0.3 is 59.1 Å². The van der Waals surface area contributed by atoms with Gasteiger partial charge < -0.3 is 43.3 Å². The van der Waals surface area contributed by atoms with Crippen LogP contribution in [0.2, 0.25) is 0 Å². The Balaban J connectivity index is 0.00000242. The number of phosphoric acid groups is 1.